The van der Waals surface area contributed by atoms with E-state index in [0.717, 1.165) is 29.2 Å². The van der Waals surface area contributed by atoms with Crippen LogP contribution >= 0.6 is 27.5 Å². The van der Waals surface area contributed by atoms with Gasteiger partial charge in [-0.2, -0.15) is 4.98 Å². The first-order chi connectivity index (χ1) is 7.09. The maximum absolute atomic E-state index is 5.70. The van der Waals surface area contributed by atoms with Crippen LogP contribution in [0.3, 0.4) is 0 Å². The first-order valence-electron chi connectivity index (χ1n) is 5.01. The molecule has 0 aliphatic carbocycles. The van der Waals surface area contributed by atoms with Crippen LogP contribution in [0, 0.1) is 5.92 Å². The normalized spacial score (nSPS) is 10.7. The lowest BCUT2D eigenvalue weighted by atomic mass is 10.1. The molecule has 0 saturated carbocycles. The molecule has 0 aliphatic heterocycles. The van der Waals surface area contributed by atoms with Crippen molar-refractivity contribution in [1.82, 2.24) is 9.97 Å². The van der Waals surface area contributed by atoms with Crippen molar-refractivity contribution in [3.63, 3.8) is 0 Å². The maximum Gasteiger partial charge on any atom is 0.224 e. The summed E-state index contributed by atoms with van der Waals surface area (Å²) in [6.07, 6.45) is 4.00. The van der Waals surface area contributed by atoms with Crippen molar-refractivity contribution in [1.29, 1.82) is 0 Å². The fourth-order valence-corrected chi connectivity index (χ4v) is 1.65. The van der Waals surface area contributed by atoms with E-state index < -0.39 is 0 Å². The molecule has 0 radical (unpaired) electrons. The molecular weight excluding hydrogens is 277 g/mol. The van der Waals surface area contributed by atoms with Gasteiger partial charge in [0.25, 0.3) is 0 Å². The molecule has 0 saturated heterocycles. The largest absolute Gasteiger partial charge is 0.369 e. The third-order valence-electron chi connectivity index (χ3n) is 1.97. The topological polar surface area (TPSA) is 37.8 Å². The van der Waals surface area contributed by atoms with E-state index in [0.29, 0.717) is 0 Å². The van der Waals surface area contributed by atoms with Gasteiger partial charge in [0.05, 0.1) is 4.47 Å². The standard InChI is InChI=1S/C10H15BrClN3/c1-7(2)4-3-5-13-9-8(11)6-14-10(12)15-9/h6-7H,3-5H2,1-2H3,(H,13,14,15). The number of hydrogen-bond acceptors (Lipinski definition) is 3. The van der Waals surface area contributed by atoms with Gasteiger partial charge in [0.1, 0.15) is 5.82 Å². The van der Waals surface area contributed by atoms with Gasteiger partial charge < -0.3 is 5.32 Å². The molecule has 0 amide bonds. The van der Waals surface area contributed by atoms with Gasteiger partial charge in [0, 0.05) is 12.7 Å². The molecular formula is C10H15BrClN3. The zero-order chi connectivity index (χ0) is 11.3. The van der Waals surface area contributed by atoms with Crippen LogP contribution in [0.4, 0.5) is 5.82 Å². The van der Waals surface area contributed by atoms with Crippen molar-refractivity contribution in [2.24, 2.45) is 5.92 Å². The summed E-state index contributed by atoms with van der Waals surface area (Å²) in [5.41, 5.74) is 0. The molecule has 84 valence electrons. The Morgan fingerprint density at radius 3 is 2.93 bits per heavy atom. The first kappa shape index (κ1) is 12.7. The summed E-state index contributed by atoms with van der Waals surface area (Å²) in [6.45, 7) is 5.35. The van der Waals surface area contributed by atoms with E-state index in [2.05, 4.69) is 45.1 Å². The molecule has 3 nitrogen and oxygen atoms in total. The number of hydrogen-bond donors (Lipinski definition) is 1. The fourth-order valence-electron chi connectivity index (χ4n) is 1.19. The quantitative estimate of drug-likeness (QED) is 0.663. The Morgan fingerprint density at radius 2 is 2.27 bits per heavy atom. The number of nitrogens with one attached hydrogen (secondary N) is 1. The lowest BCUT2D eigenvalue weighted by Gasteiger charge is -2.08. The monoisotopic (exact) mass is 291 g/mol. The Balaban J connectivity index is 2.40. The Hall–Kier alpha value is -0.350. The second-order valence-corrected chi connectivity index (χ2v) is 4.99. The predicted octanol–water partition coefficient (Wildman–Crippen LogP) is 3.74. The van der Waals surface area contributed by atoms with Gasteiger partial charge in [-0.15, -0.1) is 0 Å². The average Bonchev–Trinajstić information content (AvgIpc) is 2.17. The lowest BCUT2D eigenvalue weighted by molar-refractivity contribution is 0.566. The van der Waals surface area contributed by atoms with Crippen LogP contribution in [0.25, 0.3) is 0 Å². The summed E-state index contributed by atoms with van der Waals surface area (Å²) in [5, 5.41) is 3.49. The van der Waals surface area contributed by atoms with Crippen molar-refractivity contribution in [3.8, 4) is 0 Å². The summed E-state index contributed by atoms with van der Waals surface area (Å²) in [7, 11) is 0. The van der Waals surface area contributed by atoms with E-state index in [1.165, 1.54) is 6.42 Å². The van der Waals surface area contributed by atoms with Crippen molar-refractivity contribution >= 4 is 33.3 Å². The van der Waals surface area contributed by atoms with E-state index >= 15 is 0 Å². The zero-order valence-corrected chi connectivity index (χ0v) is 11.3. The molecule has 5 heteroatoms. The highest BCUT2D eigenvalue weighted by Crippen LogP contribution is 2.20. The minimum atomic E-state index is 0.268. The maximum atomic E-state index is 5.70. The van der Waals surface area contributed by atoms with Crippen molar-refractivity contribution in [3.05, 3.63) is 16.0 Å². The molecule has 1 rings (SSSR count). The third kappa shape index (κ3) is 4.80. The van der Waals surface area contributed by atoms with Gasteiger partial charge >= 0.3 is 0 Å². The number of halogens is 2. The molecule has 0 bridgehead atoms. The molecule has 1 aromatic rings. The highest BCUT2D eigenvalue weighted by atomic mass is 79.9. The number of anilines is 1. The van der Waals surface area contributed by atoms with Crippen LogP contribution in [0.1, 0.15) is 26.7 Å². The molecule has 0 aliphatic rings. The van der Waals surface area contributed by atoms with Gasteiger partial charge in [-0.05, 0) is 46.3 Å². The van der Waals surface area contributed by atoms with Crippen molar-refractivity contribution in [2.75, 3.05) is 11.9 Å². The third-order valence-corrected chi connectivity index (χ3v) is 2.73. The fraction of sp³-hybridized carbons (Fsp3) is 0.600. The van der Waals surface area contributed by atoms with Gasteiger partial charge in [-0.3, -0.25) is 0 Å². The van der Waals surface area contributed by atoms with E-state index in [-0.39, 0.29) is 5.28 Å². The van der Waals surface area contributed by atoms with Crippen LogP contribution in [0.15, 0.2) is 10.7 Å². The van der Waals surface area contributed by atoms with Crippen molar-refractivity contribution < 1.29 is 0 Å². The molecule has 0 aromatic carbocycles. The zero-order valence-electron chi connectivity index (χ0n) is 8.93. The number of aromatic nitrogens is 2. The van der Waals surface area contributed by atoms with E-state index in [1.54, 1.807) is 6.20 Å². The molecule has 0 spiro atoms. The Bertz CT molecular complexity index is 318. The van der Waals surface area contributed by atoms with Gasteiger partial charge in [-0.25, -0.2) is 4.98 Å². The Kier molecular flexibility index (Phi) is 5.32. The first-order valence-corrected chi connectivity index (χ1v) is 6.18. The van der Waals surface area contributed by atoms with Crippen LogP contribution in [-0.2, 0) is 0 Å². The summed E-state index contributed by atoms with van der Waals surface area (Å²) >= 11 is 9.06. The van der Waals surface area contributed by atoms with Crippen LogP contribution in [-0.4, -0.2) is 16.5 Å². The number of rotatable bonds is 5. The minimum Gasteiger partial charge on any atom is -0.369 e. The van der Waals surface area contributed by atoms with Gasteiger partial charge in [0.2, 0.25) is 5.28 Å². The SMILES string of the molecule is CC(C)CCCNc1nc(Cl)ncc1Br. The van der Waals surface area contributed by atoms with Crippen LogP contribution < -0.4 is 5.32 Å². The lowest BCUT2D eigenvalue weighted by Crippen LogP contribution is -2.05. The van der Waals surface area contributed by atoms with Gasteiger partial charge in [0.15, 0.2) is 0 Å². The van der Waals surface area contributed by atoms with E-state index in [9.17, 15) is 0 Å². The molecule has 1 N–H and O–H groups in total. The smallest absolute Gasteiger partial charge is 0.224 e. The molecule has 15 heavy (non-hydrogen) atoms. The highest BCUT2D eigenvalue weighted by molar-refractivity contribution is 9.10. The molecule has 1 heterocycles. The van der Waals surface area contributed by atoms with E-state index in [4.69, 9.17) is 11.6 Å². The van der Waals surface area contributed by atoms with Crippen LogP contribution in [0.5, 0.6) is 0 Å². The number of nitrogens with zero attached hydrogens (tertiary/aromatic N) is 2. The summed E-state index contributed by atoms with van der Waals surface area (Å²) < 4.78 is 0.844. The Labute approximate surface area is 104 Å². The second-order valence-electron chi connectivity index (χ2n) is 3.80. The van der Waals surface area contributed by atoms with Crippen molar-refractivity contribution in [2.45, 2.75) is 26.7 Å². The molecule has 0 atom stereocenters. The highest BCUT2D eigenvalue weighted by Gasteiger charge is 2.02. The van der Waals surface area contributed by atoms with Gasteiger partial charge in [-0.1, -0.05) is 13.8 Å². The predicted molar refractivity (Wildman–Crippen MR) is 67.3 cm³/mol. The molecule has 1 aromatic heterocycles. The van der Waals surface area contributed by atoms with Crippen LogP contribution in [0.2, 0.25) is 5.28 Å². The molecule has 0 unspecified atom stereocenters. The van der Waals surface area contributed by atoms with E-state index in [1.807, 2.05) is 0 Å². The summed E-state index contributed by atoms with van der Waals surface area (Å²) in [6, 6.07) is 0. The minimum absolute atomic E-state index is 0.268. The molecule has 0 fully saturated rings. The average molecular weight is 293 g/mol. The summed E-state index contributed by atoms with van der Waals surface area (Å²) in [4.78, 5) is 7.95. The Morgan fingerprint density at radius 1 is 1.53 bits per heavy atom. The summed E-state index contributed by atoms with van der Waals surface area (Å²) in [5.74, 6) is 1.50. The second kappa shape index (κ2) is 6.28.